The van der Waals surface area contributed by atoms with Crippen LogP contribution in [0.3, 0.4) is 0 Å². The van der Waals surface area contributed by atoms with Gasteiger partial charge in [-0.3, -0.25) is 14.4 Å². The van der Waals surface area contributed by atoms with Gasteiger partial charge in [0.15, 0.2) is 6.10 Å². The molecule has 0 aromatic heterocycles. The zero-order valence-electron chi connectivity index (χ0n) is 53.7. The molecule has 1 atom stereocenters. The Hall–Kier alpha value is -4.97. The van der Waals surface area contributed by atoms with E-state index in [-0.39, 0.29) is 31.1 Å². The van der Waals surface area contributed by atoms with Crippen molar-refractivity contribution in [2.24, 2.45) is 0 Å². The zero-order chi connectivity index (χ0) is 59.9. The maximum Gasteiger partial charge on any atom is 0.306 e. The van der Waals surface area contributed by atoms with Crippen LogP contribution in [0.25, 0.3) is 0 Å². The molecule has 0 N–H and O–H groups in total. The van der Waals surface area contributed by atoms with Crippen LogP contribution in [0.4, 0.5) is 0 Å². The first-order valence-electron chi connectivity index (χ1n) is 34.0. The minimum absolute atomic E-state index is 0.103. The molecule has 0 saturated heterocycles. The predicted molar refractivity (Wildman–Crippen MR) is 362 cm³/mol. The third-order valence-electron chi connectivity index (χ3n) is 14.0. The highest BCUT2D eigenvalue weighted by molar-refractivity contribution is 5.71. The molecule has 0 aliphatic carbocycles. The Labute approximate surface area is 511 Å². The molecular formula is C77H124O6. The van der Waals surface area contributed by atoms with Crippen molar-refractivity contribution in [3.63, 3.8) is 0 Å². The summed E-state index contributed by atoms with van der Waals surface area (Å²) in [6, 6.07) is 0. The topological polar surface area (TPSA) is 78.9 Å². The second-order valence-corrected chi connectivity index (χ2v) is 22.0. The van der Waals surface area contributed by atoms with Crippen LogP contribution in [0.1, 0.15) is 290 Å². The van der Waals surface area contributed by atoms with Crippen molar-refractivity contribution in [3.8, 4) is 0 Å². The molecule has 6 heteroatoms. The number of unbranched alkanes of at least 4 members (excludes halogenated alkanes) is 23. The van der Waals surface area contributed by atoms with Gasteiger partial charge in [0.2, 0.25) is 0 Å². The molecule has 0 rings (SSSR count). The SMILES string of the molecule is CC/C=C\C/C=C\C/C=C\C/C=C\C/C=C\C/C=C\C/C=C\C/C=C\CCCCCCC(=O)OCC(COC(=O)CCCCCCC/C=C\C/C=C\C/C=C\CC)OC(=O)CCCCCCCCCCC/C=C\C/C=C\CCCCCCC. The third-order valence-corrected chi connectivity index (χ3v) is 14.0. The lowest BCUT2D eigenvalue weighted by Gasteiger charge is -2.18. The van der Waals surface area contributed by atoms with Crippen LogP contribution in [0.15, 0.2) is 158 Å². The summed E-state index contributed by atoms with van der Waals surface area (Å²) in [7, 11) is 0. The van der Waals surface area contributed by atoms with Crippen molar-refractivity contribution in [2.75, 3.05) is 13.2 Å². The summed E-state index contributed by atoms with van der Waals surface area (Å²) >= 11 is 0. The van der Waals surface area contributed by atoms with E-state index in [1.165, 1.54) is 83.5 Å². The Bertz CT molecular complexity index is 1840. The molecule has 468 valence electrons. The van der Waals surface area contributed by atoms with Crippen LogP contribution >= 0.6 is 0 Å². The third kappa shape index (κ3) is 67.7. The van der Waals surface area contributed by atoms with Gasteiger partial charge in [0.05, 0.1) is 0 Å². The van der Waals surface area contributed by atoms with E-state index in [0.717, 1.165) is 167 Å². The maximum atomic E-state index is 12.9. The van der Waals surface area contributed by atoms with Crippen LogP contribution in [0.5, 0.6) is 0 Å². The van der Waals surface area contributed by atoms with Crippen molar-refractivity contribution < 1.29 is 28.6 Å². The van der Waals surface area contributed by atoms with Crippen molar-refractivity contribution in [2.45, 2.75) is 297 Å². The molecule has 0 spiro atoms. The van der Waals surface area contributed by atoms with Gasteiger partial charge in [0.1, 0.15) is 13.2 Å². The van der Waals surface area contributed by atoms with Gasteiger partial charge in [0, 0.05) is 19.3 Å². The van der Waals surface area contributed by atoms with E-state index in [1.54, 1.807) is 0 Å². The Morgan fingerprint density at radius 3 is 0.735 bits per heavy atom. The number of rotatable bonds is 60. The smallest absolute Gasteiger partial charge is 0.306 e. The molecule has 83 heavy (non-hydrogen) atoms. The van der Waals surface area contributed by atoms with Crippen LogP contribution in [0, 0.1) is 0 Å². The number of carbonyl (C=O) groups excluding carboxylic acids is 3. The first kappa shape index (κ1) is 78.0. The van der Waals surface area contributed by atoms with E-state index in [1.807, 2.05) is 0 Å². The maximum absolute atomic E-state index is 12.9. The standard InChI is InChI=1S/C77H124O6/c1-4-7-10-13-16-19-22-25-28-30-32-34-35-36-37-38-39-40-41-43-44-46-49-52-55-58-61-64-67-70-76(79)82-73-74(72-81-75(78)69-66-63-60-57-54-51-48-27-24-21-18-15-12-9-6-3)83-77(80)71-68-65-62-59-56-53-50-47-45-42-33-31-29-26-23-20-17-14-11-8-5-2/h7,9-10,12,16,18-19,21,23,25-28,31-34,36-37,39-40,43-44,48-49,52,74H,4-6,8,11,13-15,17,20,22,24,29-30,35,38,41-42,45-47,50-51,53-73H2,1-3H3/b10-7-,12-9-,19-16-,21-18-,26-23-,28-25-,33-31-,34-32-,37-36-,40-39-,44-43-,48-27-,52-49-. The molecule has 0 bridgehead atoms. The minimum atomic E-state index is -0.808. The van der Waals surface area contributed by atoms with E-state index < -0.39 is 6.10 Å². The summed E-state index contributed by atoms with van der Waals surface area (Å²) in [6.45, 7) is 6.37. The Morgan fingerprint density at radius 2 is 0.470 bits per heavy atom. The van der Waals surface area contributed by atoms with E-state index in [9.17, 15) is 14.4 Å². The quantitative estimate of drug-likeness (QED) is 0.0261. The lowest BCUT2D eigenvalue weighted by atomic mass is 10.1. The molecule has 0 radical (unpaired) electrons. The fourth-order valence-electron chi connectivity index (χ4n) is 8.97. The molecule has 0 amide bonds. The summed E-state index contributed by atoms with van der Waals surface area (Å²) in [5.41, 5.74) is 0. The number of carbonyl (C=O) groups is 3. The average Bonchev–Trinajstić information content (AvgIpc) is 3.49. The Kier molecular flexibility index (Phi) is 65.4. The molecule has 6 nitrogen and oxygen atoms in total. The van der Waals surface area contributed by atoms with Crippen molar-refractivity contribution in [3.05, 3.63) is 158 Å². The van der Waals surface area contributed by atoms with Crippen LogP contribution in [-0.4, -0.2) is 37.2 Å². The summed E-state index contributed by atoms with van der Waals surface area (Å²) < 4.78 is 16.9. The van der Waals surface area contributed by atoms with Crippen molar-refractivity contribution in [1.29, 1.82) is 0 Å². The van der Waals surface area contributed by atoms with Gasteiger partial charge in [-0.25, -0.2) is 0 Å². The molecule has 0 aromatic carbocycles. The lowest BCUT2D eigenvalue weighted by molar-refractivity contribution is -0.167. The molecule has 0 aromatic rings. The highest BCUT2D eigenvalue weighted by Gasteiger charge is 2.19. The first-order valence-corrected chi connectivity index (χ1v) is 34.0. The number of hydrogen-bond acceptors (Lipinski definition) is 6. The van der Waals surface area contributed by atoms with Crippen molar-refractivity contribution >= 4 is 17.9 Å². The predicted octanol–water partition coefficient (Wildman–Crippen LogP) is 23.7. The largest absolute Gasteiger partial charge is 0.462 e. The highest BCUT2D eigenvalue weighted by atomic mass is 16.6. The van der Waals surface area contributed by atoms with Gasteiger partial charge < -0.3 is 14.2 Å². The summed E-state index contributed by atoms with van der Waals surface area (Å²) in [6.07, 6.45) is 101. The van der Waals surface area contributed by atoms with E-state index >= 15 is 0 Å². The summed E-state index contributed by atoms with van der Waals surface area (Å²) in [4.78, 5) is 38.4. The first-order chi connectivity index (χ1) is 41.0. The van der Waals surface area contributed by atoms with Gasteiger partial charge in [-0.1, -0.05) is 281 Å². The van der Waals surface area contributed by atoms with Gasteiger partial charge in [-0.2, -0.15) is 0 Å². The van der Waals surface area contributed by atoms with E-state index in [0.29, 0.717) is 19.3 Å². The number of allylic oxidation sites excluding steroid dienone is 26. The number of esters is 3. The monoisotopic (exact) mass is 1140 g/mol. The molecule has 0 aliphatic heterocycles. The van der Waals surface area contributed by atoms with Gasteiger partial charge in [-0.15, -0.1) is 0 Å². The average molecular weight is 1150 g/mol. The molecule has 0 aliphatic rings. The zero-order valence-corrected chi connectivity index (χ0v) is 53.7. The fourth-order valence-corrected chi connectivity index (χ4v) is 8.97. The van der Waals surface area contributed by atoms with Crippen molar-refractivity contribution in [1.82, 2.24) is 0 Å². The fraction of sp³-hybridized carbons (Fsp3) is 0.623. The van der Waals surface area contributed by atoms with Gasteiger partial charge in [-0.05, 0) is 148 Å². The Morgan fingerprint density at radius 1 is 0.253 bits per heavy atom. The number of ether oxygens (including phenoxy) is 3. The van der Waals surface area contributed by atoms with E-state index in [2.05, 4.69) is 179 Å². The lowest BCUT2D eigenvalue weighted by Crippen LogP contribution is -2.30. The molecular weight excluding hydrogens is 1020 g/mol. The Balaban J connectivity index is 4.45. The number of hydrogen-bond donors (Lipinski definition) is 0. The minimum Gasteiger partial charge on any atom is -0.462 e. The van der Waals surface area contributed by atoms with Gasteiger partial charge >= 0.3 is 17.9 Å². The summed E-state index contributed by atoms with van der Waals surface area (Å²) in [5, 5.41) is 0. The molecule has 1 unspecified atom stereocenters. The highest BCUT2D eigenvalue weighted by Crippen LogP contribution is 2.15. The van der Waals surface area contributed by atoms with E-state index in [4.69, 9.17) is 14.2 Å². The molecule has 0 heterocycles. The second-order valence-electron chi connectivity index (χ2n) is 22.0. The normalized spacial score (nSPS) is 13.1. The second kappa shape index (κ2) is 69.5. The molecule has 0 saturated carbocycles. The molecule has 0 fully saturated rings. The van der Waals surface area contributed by atoms with Crippen LogP contribution in [0.2, 0.25) is 0 Å². The summed E-state index contributed by atoms with van der Waals surface area (Å²) in [5.74, 6) is -0.947. The van der Waals surface area contributed by atoms with Crippen LogP contribution in [-0.2, 0) is 28.6 Å². The van der Waals surface area contributed by atoms with Crippen LogP contribution < -0.4 is 0 Å². The van der Waals surface area contributed by atoms with Gasteiger partial charge in [0.25, 0.3) is 0 Å².